The third-order valence-corrected chi connectivity index (χ3v) is 5.80. The molecule has 0 bridgehead atoms. The summed E-state index contributed by atoms with van der Waals surface area (Å²) in [4.78, 5) is 28.8. The van der Waals surface area contributed by atoms with Crippen LogP contribution in [0.15, 0.2) is 24.3 Å². The van der Waals surface area contributed by atoms with E-state index in [4.69, 9.17) is 9.47 Å². The Morgan fingerprint density at radius 1 is 1.30 bits per heavy atom. The number of carboxylic acid groups (broad SMARTS) is 1. The van der Waals surface area contributed by atoms with E-state index in [-0.39, 0.29) is 18.4 Å². The van der Waals surface area contributed by atoms with E-state index in [9.17, 15) is 14.7 Å². The molecule has 3 atom stereocenters. The summed E-state index contributed by atoms with van der Waals surface area (Å²) < 4.78 is 10.3. The Hall–Kier alpha value is -2.12. The molecule has 1 aromatic rings. The molecule has 0 aliphatic carbocycles. The number of benzene rings is 1. The lowest BCUT2D eigenvalue weighted by Gasteiger charge is -2.34. The van der Waals surface area contributed by atoms with Crippen molar-refractivity contribution in [2.45, 2.75) is 31.3 Å². The van der Waals surface area contributed by atoms with Crippen molar-refractivity contribution in [2.24, 2.45) is 5.92 Å². The van der Waals surface area contributed by atoms with Gasteiger partial charge in [-0.2, -0.15) is 0 Å². The molecule has 2 rings (SSSR count). The molecule has 1 N–H and O–H groups in total. The highest BCUT2D eigenvalue weighted by Crippen LogP contribution is 2.48. The monoisotopic (exact) mass is 378 g/mol. The number of nitrogens with zero attached hydrogens (tertiary/aromatic N) is 2. The number of ether oxygens (including phenoxy) is 2. The highest BCUT2D eigenvalue weighted by molar-refractivity contribution is 5.85. The van der Waals surface area contributed by atoms with Crippen LogP contribution in [-0.4, -0.2) is 73.8 Å². The number of likely N-dealkylation sites (N-methyl/N-ethyl adjacent to an activating group) is 2. The standard InChI is InChI=1S/C20H30N2O5/c1-6-20(19(24)25)13-16(18(23)21(2)11-12-26-4)17(22(20)3)14-7-9-15(27-5)10-8-14/h7-10,16-17H,6,11-13H2,1-5H3,(H,24,25)/t16-,17-,20-/m1/s1. The van der Waals surface area contributed by atoms with E-state index in [2.05, 4.69) is 0 Å². The fourth-order valence-corrected chi connectivity index (χ4v) is 4.04. The van der Waals surface area contributed by atoms with Gasteiger partial charge in [-0.25, -0.2) is 0 Å². The van der Waals surface area contributed by atoms with Gasteiger partial charge in [0.15, 0.2) is 0 Å². The molecule has 7 nitrogen and oxygen atoms in total. The van der Waals surface area contributed by atoms with Crippen LogP contribution in [0.5, 0.6) is 5.75 Å². The van der Waals surface area contributed by atoms with Crippen LogP contribution in [0.2, 0.25) is 0 Å². The first kappa shape index (κ1) is 21.2. The Balaban J connectivity index is 2.42. The van der Waals surface area contributed by atoms with Crippen molar-refractivity contribution in [2.75, 3.05) is 41.5 Å². The van der Waals surface area contributed by atoms with E-state index in [1.165, 1.54) is 0 Å². The van der Waals surface area contributed by atoms with Crippen LogP contribution >= 0.6 is 0 Å². The first-order chi connectivity index (χ1) is 12.8. The van der Waals surface area contributed by atoms with Crippen LogP contribution in [0.25, 0.3) is 0 Å². The predicted octanol–water partition coefficient (Wildman–Crippen LogP) is 2.03. The summed E-state index contributed by atoms with van der Waals surface area (Å²) in [6.07, 6.45) is 0.708. The predicted molar refractivity (Wildman–Crippen MR) is 102 cm³/mol. The molecule has 150 valence electrons. The number of likely N-dealkylation sites (tertiary alicyclic amines) is 1. The lowest BCUT2D eigenvalue weighted by atomic mass is 9.86. The van der Waals surface area contributed by atoms with Crippen LogP contribution in [0.1, 0.15) is 31.4 Å². The van der Waals surface area contributed by atoms with Gasteiger partial charge >= 0.3 is 5.97 Å². The quantitative estimate of drug-likeness (QED) is 0.746. The zero-order chi connectivity index (χ0) is 20.2. The molecule has 0 saturated carbocycles. The van der Waals surface area contributed by atoms with E-state index in [0.29, 0.717) is 19.6 Å². The highest BCUT2D eigenvalue weighted by Gasteiger charge is 2.56. The minimum atomic E-state index is -1.06. The zero-order valence-electron chi connectivity index (χ0n) is 16.8. The minimum Gasteiger partial charge on any atom is -0.497 e. The second-order valence-corrected chi connectivity index (χ2v) is 7.08. The van der Waals surface area contributed by atoms with Crippen LogP contribution in [-0.2, 0) is 14.3 Å². The van der Waals surface area contributed by atoms with E-state index in [0.717, 1.165) is 11.3 Å². The van der Waals surface area contributed by atoms with Crippen LogP contribution in [0.3, 0.4) is 0 Å². The number of carboxylic acids is 1. The average Bonchev–Trinajstić information content (AvgIpc) is 2.99. The molecule has 0 aromatic heterocycles. The van der Waals surface area contributed by atoms with Gasteiger partial charge in [0.25, 0.3) is 0 Å². The largest absolute Gasteiger partial charge is 0.497 e. The maximum Gasteiger partial charge on any atom is 0.324 e. The summed E-state index contributed by atoms with van der Waals surface area (Å²) in [5.41, 5.74) is -0.152. The normalized spacial score (nSPS) is 25.4. The zero-order valence-corrected chi connectivity index (χ0v) is 16.8. The van der Waals surface area contributed by atoms with Gasteiger partial charge in [-0.1, -0.05) is 19.1 Å². The molecule has 7 heteroatoms. The van der Waals surface area contributed by atoms with Crippen molar-refractivity contribution in [3.63, 3.8) is 0 Å². The minimum absolute atomic E-state index is 0.0590. The summed E-state index contributed by atoms with van der Waals surface area (Å²) in [7, 11) is 6.72. The first-order valence-corrected chi connectivity index (χ1v) is 9.16. The number of amides is 1. The molecule has 1 amide bonds. The van der Waals surface area contributed by atoms with Gasteiger partial charge in [-0.3, -0.25) is 14.5 Å². The van der Waals surface area contributed by atoms with Crippen molar-refractivity contribution < 1.29 is 24.2 Å². The SMILES string of the molecule is CC[C@]1(C(=O)O)C[C@@H](C(=O)N(C)CCOC)[C@@H](c2ccc(OC)cc2)N1C. The molecule has 1 aliphatic heterocycles. The fraction of sp³-hybridized carbons (Fsp3) is 0.600. The maximum atomic E-state index is 13.2. The van der Waals surface area contributed by atoms with Crippen LogP contribution in [0, 0.1) is 5.92 Å². The fourth-order valence-electron chi connectivity index (χ4n) is 4.04. The van der Waals surface area contributed by atoms with Gasteiger partial charge in [0.2, 0.25) is 5.91 Å². The number of carbonyl (C=O) groups excluding carboxylic acids is 1. The first-order valence-electron chi connectivity index (χ1n) is 9.16. The van der Waals surface area contributed by atoms with Crippen molar-refractivity contribution in [3.05, 3.63) is 29.8 Å². The number of methoxy groups -OCH3 is 2. The average molecular weight is 378 g/mol. The van der Waals surface area contributed by atoms with Gasteiger partial charge in [0.05, 0.1) is 19.6 Å². The van der Waals surface area contributed by atoms with Crippen molar-refractivity contribution in [1.29, 1.82) is 0 Å². The Morgan fingerprint density at radius 3 is 2.41 bits per heavy atom. The summed E-state index contributed by atoms with van der Waals surface area (Å²) in [5.74, 6) is -0.669. The van der Waals surface area contributed by atoms with Gasteiger partial charge in [-0.05, 0) is 37.6 Å². The topological polar surface area (TPSA) is 79.3 Å². The number of hydrogen-bond donors (Lipinski definition) is 1. The van der Waals surface area contributed by atoms with Gasteiger partial charge < -0.3 is 19.5 Å². The summed E-state index contributed by atoms with van der Waals surface area (Å²) >= 11 is 0. The molecule has 1 saturated heterocycles. The van der Waals surface area contributed by atoms with E-state index < -0.39 is 17.4 Å². The van der Waals surface area contributed by atoms with Gasteiger partial charge in [0.1, 0.15) is 11.3 Å². The Kier molecular flexibility index (Phi) is 6.84. The van der Waals surface area contributed by atoms with Crippen LogP contribution in [0.4, 0.5) is 0 Å². The Morgan fingerprint density at radius 2 is 1.93 bits per heavy atom. The van der Waals surface area contributed by atoms with Crippen LogP contribution < -0.4 is 4.74 Å². The van der Waals surface area contributed by atoms with E-state index in [1.54, 1.807) is 33.2 Å². The molecular weight excluding hydrogens is 348 g/mol. The second kappa shape index (κ2) is 8.71. The smallest absolute Gasteiger partial charge is 0.324 e. The third kappa shape index (κ3) is 3.94. The highest BCUT2D eigenvalue weighted by atomic mass is 16.5. The van der Waals surface area contributed by atoms with Crippen molar-refractivity contribution in [1.82, 2.24) is 9.80 Å². The molecular formula is C20H30N2O5. The Labute approximate surface area is 160 Å². The number of aliphatic carboxylic acids is 1. The van der Waals surface area contributed by atoms with Crippen molar-refractivity contribution >= 4 is 11.9 Å². The van der Waals surface area contributed by atoms with E-state index in [1.807, 2.05) is 36.1 Å². The Bertz CT molecular complexity index is 663. The molecule has 1 fully saturated rings. The summed E-state index contributed by atoms with van der Waals surface area (Å²) in [6, 6.07) is 7.17. The van der Waals surface area contributed by atoms with Gasteiger partial charge in [0, 0.05) is 26.7 Å². The number of hydrogen-bond acceptors (Lipinski definition) is 5. The molecule has 1 heterocycles. The number of carbonyl (C=O) groups is 2. The van der Waals surface area contributed by atoms with E-state index >= 15 is 0 Å². The summed E-state index contributed by atoms with van der Waals surface area (Å²) in [6.45, 7) is 2.77. The molecule has 0 unspecified atom stereocenters. The lowest BCUT2D eigenvalue weighted by Crippen LogP contribution is -2.48. The molecule has 0 spiro atoms. The molecule has 1 aromatic carbocycles. The molecule has 0 radical (unpaired) electrons. The molecule has 27 heavy (non-hydrogen) atoms. The van der Waals surface area contributed by atoms with Crippen molar-refractivity contribution in [3.8, 4) is 5.75 Å². The second-order valence-electron chi connectivity index (χ2n) is 7.08. The summed E-state index contributed by atoms with van der Waals surface area (Å²) in [5, 5.41) is 9.95. The number of rotatable bonds is 8. The third-order valence-electron chi connectivity index (χ3n) is 5.80. The maximum absolute atomic E-state index is 13.2. The lowest BCUT2D eigenvalue weighted by molar-refractivity contribution is -0.150. The van der Waals surface area contributed by atoms with Gasteiger partial charge in [-0.15, -0.1) is 0 Å². The molecule has 1 aliphatic rings.